The average molecular weight is 282 g/mol. The summed E-state index contributed by atoms with van der Waals surface area (Å²) < 4.78 is 1.79. The summed E-state index contributed by atoms with van der Waals surface area (Å²) in [4.78, 5) is 13.6. The molecule has 0 aliphatic heterocycles. The smallest absolute Gasteiger partial charge is 0.325 e. The molecule has 0 fully saturated rings. The van der Waals surface area contributed by atoms with E-state index in [0.717, 1.165) is 32.6 Å². The number of hydrogen-bond donors (Lipinski definition) is 2. The minimum atomic E-state index is -0.861. The molecule has 0 aliphatic rings. The molecule has 0 saturated heterocycles. The Morgan fingerprint density at radius 1 is 1.45 bits per heavy atom. The van der Waals surface area contributed by atoms with E-state index in [-0.39, 0.29) is 0 Å². The minimum Gasteiger partial charge on any atom is -0.480 e. The fourth-order valence-corrected chi connectivity index (χ4v) is 2.13. The van der Waals surface area contributed by atoms with Crippen LogP contribution in [0.5, 0.6) is 0 Å². The van der Waals surface area contributed by atoms with Crippen molar-refractivity contribution in [3.8, 4) is 0 Å². The van der Waals surface area contributed by atoms with E-state index in [9.17, 15) is 9.90 Å². The van der Waals surface area contributed by atoms with Crippen LogP contribution in [0.15, 0.2) is 12.4 Å². The van der Waals surface area contributed by atoms with Gasteiger partial charge in [0.15, 0.2) is 0 Å². The van der Waals surface area contributed by atoms with Crippen molar-refractivity contribution in [2.75, 3.05) is 26.2 Å². The summed E-state index contributed by atoms with van der Waals surface area (Å²) in [5.74, 6) is -0.861. The van der Waals surface area contributed by atoms with Gasteiger partial charge in [0.2, 0.25) is 0 Å². The molecule has 6 heteroatoms. The highest BCUT2D eigenvalue weighted by molar-refractivity contribution is 5.75. The van der Waals surface area contributed by atoms with Crippen molar-refractivity contribution in [2.45, 2.75) is 39.8 Å². The molecule has 1 atom stereocenters. The molecule has 0 aromatic carbocycles. The highest BCUT2D eigenvalue weighted by Crippen LogP contribution is 2.12. The summed E-state index contributed by atoms with van der Waals surface area (Å²) >= 11 is 0. The van der Waals surface area contributed by atoms with Gasteiger partial charge in [-0.15, -0.1) is 0 Å². The maximum absolute atomic E-state index is 11.4. The largest absolute Gasteiger partial charge is 0.480 e. The van der Waals surface area contributed by atoms with Crippen LogP contribution < -0.4 is 5.32 Å². The molecule has 6 nitrogen and oxygen atoms in total. The van der Waals surface area contributed by atoms with Crippen molar-refractivity contribution < 1.29 is 9.90 Å². The van der Waals surface area contributed by atoms with E-state index >= 15 is 0 Å². The zero-order valence-corrected chi connectivity index (χ0v) is 12.7. The Morgan fingerprint density at radius 3 is 2.70 bits per heavy atom. The van der Waals surface area contributed by atoms with E-state index in [1.54, 1.807) is 10.9 Å². The van der Waals surface area contributed by atoms with Gasteiger partial charge < -0.3 is 10.0 Å². The van der Waals surface area contributed by atoms with Gasteiger partial charge in [0.1, 0.15) is 6.04 Å². The van der Waals surface area contributed by atoms with Crippen LogP contribution in [-0.2, 0) is 11.3 Å². The summed E-state index contributed by atoms with van der Waals surface area (Å²) in [7, 11) is 0. The second kappa shape index (κ2) is 8.71. The molecule has 1 unspecified atom stereocenters. The predicted octanol–water partition coefficient (Wildman–Crippen LogP) is 1.35. The summed E-state index contributed by atoms with van der Waals surface area (Å²) in [5.41, 5.74) is 0.713. The lowest BCUT2D eigenvalue weighted by molar-refractivity contribution is -0.139. The molecule has 0 amide bonds. The fraction of sp³-hybridized carbons (Fsp3) is 0.714. The van der Waals surface area contributed by atoms with Crippen LogP contribution in [0.4, 0.5) is 0 Å². The number of rotatable bonds is 10. The minimum absolute atomic E-state index is 0.650. The van der Waals surface area contributed by atoms with Crippen LogP contribution in [0.2, 0.25) is 0 Å². The number of carbonyl (C=O) groups is 1. The van der Waals surface area contributed by atoms with Crippen LogP contribution in [0.25, 0.3) is 0 Å². The van der Waals surface area contributed by atoms with Gasteiger partial charge in [0.25, 0.3) is 0 Å². The lowest BCUT2D eigenvalue weighted by atomic mass is 10.1. The Morgan fingerprint density at radius 2 is 2.15 bits per heavy atom. The monoisotopic (exact) mass is 282 g/mol. The Hall–Kier alpha value is -1.40. The zero-order valence-electron chi connectivity index (χ0n) is 12.7. The third kappa shape index (κ3) is 4.94. The van der Waals surface area contributed by atoms with Crippen molar-refractivity contribution in [1.82, 2.24) is 20.0 Å². The summed E-state index contributed by atoms with van der Waals surface area (Å²) in [5, 5.41) is 16.6. The molecule has 1 rings (SSSR count). The second-order valence-electron chi connectivity index (χ2n) is 4.79. The molecule has 0 saturated carbocycles. The molecule has 114 valence electrons. The molecule has 0 spiro atoms. The molecule has 1 heterocycles. The first-order chi connectivity index (χ1) is 9.62. The number of hydrogen-bond acceptors (Lipinski definition) is 4. The van der Waals surface area contributed by atoms with Crippen LogP contribution >= 0.6 is 0 Å². The molecule has 1 aromatic heterocycles. The Labute approximate surface area is 120 Å². The maximum atomic E-state index is 11.4. The zero-order chi connectivity index (χ0) is 15.0. The van der Waals surface area contributed by atoms with Crippen LogP contribution in [0.3, 0.4) is 0 Å². The van der Waals surface area contributed by atoms with Crippen LogP contribution in [0.1, 0.15) is 38.8 Å². The lowest BCUT2D eigenvalue weighted by Gasteiger charge is -2.20. The van der Waals surface area contributed by atoms with Gasteiger partial charge in [-0.3, -0.25) is 14.8 Å². The van der Waals surface area contributed by atoms with Crippen molar-refractivity contribution in [3.05, 3.63) is 18.0 Å². The number of aliphatic carboxylic acids is 1. The number of aromatic nitrogens is 2. The molecule has 1 aromatic rings. The Balaban J connectivity index is 2.57. The van der Waals surface area contributed by atoms with Crippen molar-refractivity contribution in [2.24, 2.45) is 0 Å². The van der Waals surface area contributed by atoms with E-state index in [0.29, 0.717) is 12.1 Å². The average Bonchev–Trinajstić information content (AvgIpc) is 2.87. The van der Waals surface area contributed by atoms with Gasteiger partial charge in [-0.1, -0.05) is 20.8 Å². The van der Waals surface area contributed by atoms with E-state index < -0.39 is 12.0 Å². The first kappa shape index (κ1) is 16.7. The number of carboxylic acid groups (broad SMARTS) is 1. The van der Waals surface area contributed by atoms with Crippen LogP contribution in [-0.4, -0.2) is 51.9 Å². The molecule has 0 aliphatic carbocycles. The van der Waals surface area contributed by atoms with E-state index in [1.807, 2.05) is 6.20 Å². The summed E-state index contributed by atoms with van der Waals surface area (Å²) in [6.07, 6.45) is 4.43. The van der Waals surface area contributed by atoms with Gasteiger partial charge in [-0.25, -0.2) is 0 Å². The number of carboxylic acids is 1. The standard InChI is InChI=1S/C14H26N4O2/c1-4-8-18-11-12(10-16-18)13(14(19)20)15-7-9-17(5-2)6-3/h10-11,13,15H,4-9H2,1-3H3,(H,19,20). The molecular weight excluding hydrogens is 256 g/mol. The fourth-order valence-electron chi connectivity index (χ4n) is 2.13. The van der Waals surface area contributed by atoms with Gasteiger partial charge in [0.05, 0.1) is 6.20 Å². The van der Waals surface area contributed by atoms with Crippen molar-refractivity contribution in [1.29, 1.82) is 0 Å². The topological polar surface area (TPSA) is 70.4 Å². The van der Waals surface area contributed by atoms with Gasteiger partial charge in [0, 0.05) is 31.4 Å². The maximum Gasteiger partial charge on any atom is 0.325 e. The number of nitrogens with zero attached hydrogens (tertiary/aromatic N) is 3. The van der Waals surface area contributed by atoms with E-state index in [4.69, 9.17) is 0 Å². The first-order valence-electron chi connectivity index (χ1n) is 7.33. The molecular formula is C14H26N4O2. The molecule has 0 radical (unpaired) electrons. The molecule has 2 N–H and O–H groups in total. The highest BCUT2D eigenvalue weighted by atomic mass is 16.4. The normalized spacial score (nSPS) is 12.8. The van der Waals surface area contributed by atoms with Crippen molar-refractivity contribution >= 4 is 5.97 Å². The Kier molecular flexibility index (Phi) is 7.25. The molecule has 20 heavy (non-hydrogen) atoms. The highest BCUT2D eigenvalue weighted by Gasteiger charge is 2.20. The second-order valence-corrected chi connectivity index (χ2v) is 4.79. The third-order valence-corrected chi connectivity index (χ3v) is 3.36. The van der Waals surface area contributed by atoms with E-state index in [1.165, 1.54) is 0 Å². The number of likely N-dealkylation sites (N-methyl/N-ethyl adjacent to an activating group) is 1. The van der Waals surface area contributed by atoms with Crippen LogP contribution in [0, 0.1) is 0 Å². The SMILES string of the molecule is CCCn1cc(C(NCCN(CC)CC)C(=O)O)cn1. The van der Waals surface area contributed by atoms with E-state index in [2.05, 4.69) is 36.1 Å². The predicted molar refractivity (Wildman–Crippen MR) is 78.7 cm³/mol. The van der Waals surface area contributed by atoms with Crippen molar-refractivity contribution in [3.63, 3.8) is 0 Å². The number of nitrogens with one attached hydrogen (secondary N) is 1. The van der Waals surface area contributed by atoms with Gasteiger partial charge in [-0.05, 0) is 19.5 Å². The van der Waals surface area contributed by atoms with Gasteiger partial charge in [-0.2, -0.15) is 5.10 Å². The lowest BCUT2D eigenvalue weighted by Crippen LogP contribution is -2.36. The first-order valence-corrected chi connectivity index (χ1v) is 7.33. The Bertz CT molecular complexity index is 402. The third-order valence-electron chi connectivity index (χ3n) is 3.36. The number of aryl methyl sites for hydroxylation is 1. The molecule has 0 bridgehead atoms. The van der Waals surface area contributed by atoms with Gasteiger partial charge >= 0.3 is 5.97 Å². The summed E-state index contributed by atoms with van der Waals surface area (Å²) in [6.45, 7) is 10.5. The summed E-state index contributed by atoms with van der Waals surface area (Å²) in [6, 6.07) is -0.684. The quantitative estimate of drug-likeness (QED) is 0.678.